The first-order valence-corrected chi connectivity index (χ1v) is 10.6. The van der Waals surface area contributed by atoms with Gasteiger partial charge in [0, 0.05) is 13.1 Å². The zero-order chi connectivity index (χ0) is 20.6. The minimum atomic E-state index is -3.82. The third-order valence-electron chi connectivity index (χ3n) is 4.17. The van der Waals surface area contributed by atoms with Gasteiger partial charge in [-0.05, 0) is 44.7 Å². The molecule has 6 heteroatoms. The summed E-state index contributed by atoms with van der Waals surface area (Å²) in [6.45, 7) is 15.8. The van der Waals surface area contributed by atoms with Crippen LogP contribution >= 0.6 is 0 Å². The van der Waals surface area contributed by atoms with Crippen LogP contribution in [0.5, 0.6) is 0 Å². The van der Waals surface area contributed by atoms with Crippen molar-refractivity contribution in [1.29, 1.82) is 0 Å². The largest absolute Gasteiger partial charge is 0.351 e. The molecule has 27 heavy (non-hydrogen) atoms. The van der Waals surface area contributed by atoms with Gasteiger partial charge in [-0.25, -0.2) is 8.42 Å². The zero-order valence-corrected chi connectivity index (χ0v) is 17.7. The van der Waals surface area contributed by atoms with Gasteiger partial charge >= 0.3 is 0 Å². The molecule has 1 aromatic carbocycles. The highest BCUT2D eigenvalue weighted by Gasteiger charge is 2.35. The number of carbonyl (C=O) groups excluding carboxylic acids is 1. The predicted molar refractivity (Wildman–Crippen MR) is 111 cm³/mol. The Morgan fingerprint density at radius 3 is 2.33 bits per heavy atom. The summed E-state index contributed by atoms with van der Waals surface area (Å²) in [6.07, 6.45) is 2.50. The van der Waals surface area contributed by atoms with Gasteiger partial charge in [0.25, 0.3) is 0 Å². The van der Waals surface area contributed by atoms with Crippen LogP contribution in [0, 0.1) is 12.8 Å². The third-order valence-corrected chi connectivity index (χ3v) is 6.09. The predicted octanol–water partition coefficient (Wildman–Crippen LogP) is 3.67. The summed E-state index contributed by atoms with van der Waals surface area (Å²) in [5, 5.41) is 2.73. The summed E-state index contributed by atoms with van der Waals surface area (Å²) >= 11 is 0. The van der Waals surface area contributed by atoms with Crippen LogP contribution in [0.3, 0.4) is 0 Å². The second kappa shape index (κ2) is 10.4. The van der Waals surface area contributed by atoms with E-state index in [-0.39, 0.29) is 30.3 Å². The van der Waals surface area contributed by atoms with E-state index in [9.17, 15) is 13.2 Å². The lowest BCUT2D eigenvalue weighted by molar-refractivity contribution is -0.124. The molecule has 1 amide bonds. The number of benzene rings is 1. The number of amides is 1. The van der Waals surface area contributed by atoms with Crippen LogP contribution in [0.2, 0.25) is 0 Å². The number of nitrogens with one attached hydrogen (secondary N) is 1. The molecular formula is C21H32N2O3S. The Bertz CT molecular complexity index is 752. The Kier molecular flexibility index (Phi) is 8.93. The maximum absolute atomic E-state index is 13.4. The highest BCUT2D eigenvalue weighted by Crippen LogP contribution is 2.23. The average molecular weight is 393 g/mol. The smallest absolute Gasteiger partial charge is 0.243 e. The van der Waals surface area contributed by atoms with E-state index >= 15 is 0 Å². The van der Waals surface area contributed by atoms with Crippen molar-refractivity contribution in [3.63, 3.8) is 0 Å². The van der Waals surface area contributed by atoms with Crippen molar-refractivity contribution in [2.75, 3.05) is 13.1 Å². The minimum Gasteiger partial charge on any atom is -0.351 e. The van der Waals surface area contributed by atoms with Gasteiger partial charge in [0.2, 0.25) is 15.9 Å². The molecule has 0 unspecified atom stereocenters. The zero-order valence-electron chi connectivity index (χ0n) is 16.9. The lowest BCUT2D eigenvalue weighted by atomic mass is 10.1. The second-order valence-electron chi connectivity index (χ2n) is 7.32. The molecule has 150 valence electrons. The van der Waals surface area contributed by atoms with E-state index in [1.54, 1.807) is 37.3 Å². The highest BCUT2D eigenvalue weighted by molar-refractivity contribution is 7.89. The molecule has 1 atom stereocenters. The summed E-state index contributed by atoms with van der Waals surface area (Å²) in [5.74, 6) is -0.0280. The number of hydrogen-bond donors (Lipinski definition) is 1. The Morgan fingerprint density at radius 1 is 1.26 bits per heavy atom. The van der Waals surface area contributed by atoms with Gasteiger partial charge in [-0.2, -0.15) is 4.31 Å². The topological polar surface area (TPSA) is 66.5 Å². The van der Waals surface area contributed by atoms with Crippen molar-refractivity contribution >= 4 is 15.9 Å². The molecule has 0 aliphatic carbocycles. The molecule has 1 rings (SSSR count). The van der Waals surface area contributed by atoms with E-state index in [0.717, 1.165) is 11.1 Å². The lowest BCUT2D eigenvalue weighted by Crippen LogP contribution is -2.50. The highest BCUT2D eigenvalue weighted by atomic mass is 32.2. The van der Waals surface area contributed by atoms with Crippen LogP contribution < -0.4 is 5.32 Å². The van der Waals surface area contributed by atoms with Crippen LogP contribution in [0.1, 0.15) is 39.2 Å². The Morgan fingerprint density at radius 2 is 1.85 bits per heavy atom. The van der Waals surface area contributed by atoms with Crippen molar-refractivity contribution < 1.29 is 13.2 Å². The molecule has 0 saturated carbocycles. The number of rotatable bonds is 11. The molecule has 0 bridgehead atoms. The van der Waals surface area contributed by atoms with Crippen LogP contribution in [0.25, 0.3) is 0 Å². The molecule has 1 aromatic rings. The summed E-state index contributed by atoms with van der Waals surface area (Å²) in [5.41, 5.74) is 1.73. The summed E-state index contributed by atoms with van der Waals surface area (Å²) in [6, 6.07) is 5.87. The van der Waals surface area contributed by atoms with Crippen molar-refractivity contribution in [3.8, 4) is 0 Å². The molecule has 5 nitrogen and oxygen atoms in total. The molecule has 0 saturated heterocycles. The molecule has 0 radical (unpaired) electrons. The molecule has 0 fully saturated rings. The Hall–Kier alpha value is -1.92. The van der Waals surface area contributed by atoms with Crippen LogP contribution in [-0.4, -0.2) is 37.8 Å². The first kappa shape index (κ1) is 23.1. The molecule has 1 N–H and O–H groups in total. The van der Waals surface area contributed by atoms with Crippen molar-refractivity contribution in [2.45, 2.75) is 51.5 Å². The van der Waals surface area contributed by atoms with Crippen LogP contribution in [0.4, 0.5) is 0 Å². The van der Waals surface area contributed by atoms with Gasteiger partial charge in [-0.3, -0.25) is 4.79 Å². The summed E-state index contributed by atoms with van der Waals surface area (Å²) < 4.78 is 28.0. The average Bonchev–Trinajstić information content (AvgIpc) is 2.58. The SMILES string of the molecule is C=CCNC(=O)[C@H](CC(=C)C)N(CCC(C)C)S(=O)(=O)c1ccc(C)cc1. The van der Waals surface area contributed by atoms with E-state index in [2.05, 4.69) is 18.5 Å². The second-order valence-corrected chi connectivity index (χ2v) is 9.21. The van der Waals surface area contributed by atoms with Crippen molar-refractivity contribution in [1.82, 2.24) is 9.62 Å². The molecule has 0 heterocycles. The maximum atomic E-state index is 13.4. The van der Waals surface area contributed by atoms with Gasteiger partial charge < -0.3 is 5.32 Å². The standard InChI is InChI=1S/C21H32N2O3S/c1-7-13-22-21(24)20(15-17(4)5)23(14-12-16(2)3)27(25,26)19-10-8-18(6)9-11-19/h7-11,16,20H,1,4,12-15H2,2-3,5-6H3,(H,22,24)/t20-/m0/s1. The Labute approximate surface area is 164 Å². The van der Waals surface area contributed by atoms with E-state index in [0.29, 0.717) is 12.3 Å². The van der Waals surface area contributed by atoms with Crippen LogP contribution in [-0.2, 0) is 14.8 Å². The normalized spacial score (nSPS) is 12.8. The third kappa shape index (κ3) is 6.96. The lowest BCUT2D eigenvalue weighted by Gasteiger charge is -2.31. The van der Waals surface area contributed by atoms with Gasteiger partial charge in [0.05, 0.1) is 4.90 Å². The van der Waals surface area contributed by atoms with Crippen molar-refractivity contribution in [2.24, 2.45) is 5.92 Å². The van der Waals surface area contributed by atoms with E-state index < -0.39 is 16.1 Å². The number of sulfonamides is 1. The fraction of sp³-hybridized carbons (Fsp3) is 0.476. The number of carbonyl (C=O) groups is 1. The first-order chi connectivity index (χ1) is 12.6. The minimum absolute atomic E-state index is 0.195. The first-order valence-electron chi connectivity index (χ1n) is 9.21. The van der Waals surface area contributed by atoms with Crippen molar-refractivity contribution in [3.05, 3.63) is 54.6 Å². The molecule has 0 aliphatic rings. The van der Waals surface area contributed by atoms with E-state index in [4.69, 9.17) is 0 Å². The summed E-state index contributed by atoms with van der Waals surface area (Å²) in [4.78, 5) is 12.9. The van der Waals surface area contributed by atoms with E-state index in [1.165, 1.54) is 4.31 Å². The fourth-order valence-corrected chi connectivity index (χ4v) is 4.22. The Balaban J connectivity index is 3.35. The van der Waals surface area contributed by atoms with Crippen LogP contribution in [0.15, 0.2) is 54.0 Å². The van der Waals surface area contributed by atoms with Gasteiger partial charge in [0.1, 0.15) is 6.04 Å². The monoisotopic (exact) mass is 392 g/mol. The molecular weight excluding hydrogens is 360 g/mol. The number of nitrogens with zero attached hydrogens (tertiary/aromatic N) is 1. The fourth-order valence-electron chi connectivity index (χ4n) is 2.62. The van der Waals surface area contributed by atoms with Gasteiger partial charge in [-0.1, -0.05) is 43.2 Å². The molecule has 0 aliphatic heterocycles. The number of hydrogen-bond acceptors (Lipinski definition) is 3. The van der Waals surface area contributed by atoms with Gasteiger partial charge in [-0.15, -0.1) is 13.2 Å². The molecule has 0 spiro atoms. The number of aryl methyl sites for hydroxylation is 1. The summed E-state index contributed by atoms with van der Waals surface area (Å²) in [7, 11) is -3.82. The van der Waals surface area contributed by atoms with Gasteiger partial charge in [0.15, 0.2) is 0 Å². The van der Waals surface area contributed by atoms with E-state index in [1.807, 2.05) is 20.8 Å². The quantitative estimate of drug-likeness (QED) is 0.584. The molecule has 0 aromatic heterocycles. The maximum Gasteiger partial charge on any atom is 0.243 e.